The Hall–Kier alpha value is -3.43. The molecule has 1 aliphatic heterocycles. The van der Waals surface area contributed by atoms with Crippen LogP contribution >= 0.6 is 0 Å². The molecule has 0 aliphatic carbocycles. The minimum Gasteiger partial charge on any atom is -0.497 e. The van der Waals surface area contributed by atoms with Crippen LogP contribution in [0.15, 0.2) is 78.9 Å². The summed E-state index contributed by atoms with van der Waals surface area (Å²) in [6.45, 7) is 1.17. The molecule has 0 saturated carbocycles. The van der Waals surface area contributed by atoms with E-state index in [1.165, 1.54) is 6.92 Å². The highest BCUT2D eigenvalue weighted by Gasteiger charge is 2.55. The SMILES string of the molecule is COc1ccc(C(c2ccccc2)(c2ccc(OC)cc2)C(O)[C@H]2OC(O)[C@@H](OC(C)=O)[C@@H]2O)cc1. The van der Waals surface area contributed by atoms with Crippen LogP contribution < -0.4 is 9.47 Å². The Bertz CT molecular complexity index is 1100. The molecular weight excluding hydrogens is 464 g/mol. The Labute approximate surface area is 209 Å². The largest absolute Gasteiger partial charge is 0.497 e. The average Bonchev–Trinajstić information content (AvgIpc) is 3.18. The smallest absolute Gasteiger partial charge is 0.303 e. The lowest BCUT2D eigenvalue weighted by atomic mass is 9.64. The van der Waals surface area contributed by atoms with Crippen LogP contribution in [0.1, 0.15) is 23.6 Å². The molecule has 190 valence electrons. The number of aliphatic hydroxyl groups is 3. The first-order valence-electron chi connectivity index (χ1n) is 11.5. The van der Waals surface area contributed by atoms with Gasteiger partial charge in [-0.1, -0.05) is 54.6 Å². The molecule has 0 spiro atoms. The van der Waals surface area contributed by atoms with E-state index >= 15 is 0 Å². The molecular formula is C28H30O8. The molecule has 8 heteroatoms. The molecule has 3 N–H and O–H groups in total. The topological polar surface area (TPSA) is 115 Å². The zero-order chi connectivity index (χ0) is 25.9. The molecule has 1 saturated heterocycles. The lowest BCUT2D eigenvalue weighted by Crippen LogP contribution is -2.52. The lowest BCUT2D eigenvalue weighted by molar-refractivity contribution is -0.174. The van der Waals surface area contributed by atoms with Crippen LogP contribution in [-0.4, -0.2) is 66.2 Å². The van der Waals surface area contributed by atoms with E-state index < -0.39 is 42.1 Å². The molecule has 2 unspecified atom stereocenters. The van der Waals surface area contributed by atoms with Gasteiger partial charge in [-0.3, -0.25) is 4.79 Å². The fourth-order valence-corrected chi connectivity index (χ4v) is 4.92. The third kappa shape index (κ3) is 4.56. The van der Waals surface area contributed by atoms with E-state index in [0.29, 0.717) is 28.2 Å². The van der Waals surface area contributed by atoms with Crippen molar-refractivity contribution in [2.24, 2.45) is 0 Å². The fourth-order valence-electron chi connectivity index (χ4n) is 4.92. The number of hydrogen-bond acceptors (Lipinski definition) is 8. The van der Waals surface area contributed by atoms with E-state index in [1.54, 1.807) is 38.5 Å². The summed E-state index contributed by atoms with van der Waals surface area (Å²) in [4.78, 5) is 11.6. The third-order valence-electron chi connectivity index (χ3n) is 6.63. The average molecular weight is 495 g/mol. The van der Waals surface area contributed by atoms with E-state index in [-0.39, 0.29) is 0 Å². The first-order chi connectivity index (χ1) is 17.3. The van der Waals surface area contributed by atoms with Crippen LogP contribution in [0.3, 0.4) is 0 Å². The summed E-state index contributed by atoms with van der Waals surface area (Å²) in [5.74, 6) is 0.580. The maximum absolute atomic E-state index is 12.1. The van der Waals surface area contributed by atoms with Crippen molar-refractivity contribution in [3.05, 3.63) is 95.6 Å². The van der Waals surface area contributed by atoms with Crippen molar-refractivity contribution in [1.29, 1.82) is 0 Å². The monoisotopic (exact) mass is 494 g/mol. The van der Waals surface area contributed by atoms with Crippen molar-refractivity contribution >= 4 is 5.97 Å². The molecule has 0 bridgehead atoms. The van der Waals surface area contributed by atoms with Gasteiger partial charge in [0.2, 0.25) is 0 Å². The molecule has 3 aromatic rings. The molecule has 0 aromatic heterocycles. The zero-order valence-electron chi connectivity index (χ0n) is 20.3. The number of carbonyl (C=O) groups is 1. The number of benzene rings is 3. The molecule has 5 atom stereocenters. The molecule has 4 rings (SSSR count). The number of ether oxygens (including phenoxy) is 4. The van der Waals surface area contributed by atoms with E-state index in [4.69, 9.17) is 18.9 Å². The third-order valence-corrected chi connectivity index (χ3v) is 6.63. The zero-order valence-corrected chi connectivity index (χ0v) is 20.3. The number of rotatable bonds is 8. The number of aliphatic hydroxyl groups excluding tert-OH is 3. The van der Waals surface area contributed by atoms with Crippen molar-refractivity contribution in [2.45, 2.75) is 43.0 Å². The van der Waals surface area contributed by atoms with Crippen LogP contribution in [0.25, 0.3) is 0 Å². The second-order valence-corrected chi connectivity index (χ2v) is 8.63. The molecule has 1 aliphatic rings. The first-order valence-corrected chi connectivity index (χ1v) is 11.5. The van der Waals surface area contributed by atoms with Crippen molar-refractivity contribution in [3.63, 3.8) is 0 Å². The van der Waals surface area contributed by atoms with E-state index in [0.717, 1.165) is 0 Å². The standard InChI is InChI=1S/C28H30O8/c1-17(29)35-25-23(30)24(36-27(25)32)26(31)28(18-7-5-4-6-8-18,19-9-13-21(33-2)14-10-19)20-11-15-22(34-3)16-12-20/h4-16,23-27,30-32H,1-3H3/t23-,24+,25+,26?,27?/m1/s1. The summed E-state index contributed by atoms with van der Waals surface area (Å²) in [6, 6.07) is 23.8. The Kier molecular flexibility index (Phi) is 7.61. The van der Waals surface area contributed by atoms with Gasteiger partial charge in [-0.2, -0.15) is 0 Å². The van der Waals surface area contributed by atoms with Gasteiger partial charge in [-0.05, 0) is 41.0 Å². The predicted molar refractivity (Wildman–Crippen MR) is 131 cm³/mol. The van der Waals surface area contributed by atoms with Crippen LogP contribution in [0.5, 0.6) is 11.5 Å². The molecule has 1 heterocycles. The van der Waals surface area contributed by atoms with Gasteiger partial charge < -0.3 is 34.3 Å². The van der Waals surface area contributed by atoms with Gasteiger partial charge in [0.15, 0.2) is 12.4 Å². The summed E-state index contributed by atoms with van der Waals surface area (Å²) < 4.78 is 21.4. The van der Waals surface area contributed by atoms with Crippen LogP contribution in [-0.2, 0) is 19.7 Å². The van der Waals surface area contributed by atoms with E-state index in [1.807, 2.05) is 54.6 Å². The molecule has 1 fully saturated rings. The lowest BCUT2D eigenvalue weighted by Gasteiger charge is -2.42. The van der Waals surface area contributed by atoms with Gasteiger partial charge in [0, 0.05) is 6.92 Å². The minimum absolute atomic E-state index is 0.632. The Morgan fingerprint density at radius 2 is 1.31 bits per heavy atom. The Morgan fingerprint density at radius 3 is 1.75 bits per heavy atom. The highest BCUT2D eigenvalue weighted by molar-refractivity contribution is 5.66. The Morgan fingerprint density at radius 1 is 0.833 bits per heavy atom. The van der Waals surface area contributed by atoms with Gasteiger partial charge in [0.1, 0.15) is 29.8 Å². The predicted octanol–water partition coefficient (Wildman–Crippen LogP) is 2.41. The van der Waals surface area contributed by atoms with Gasteiger partial charge in [0.25, 0.3) is 0 Å². The van der Waals surface area contributed by atoms with Gasteiger partial charge >= 0.3 is 5.97 Å². The quantitative estimate of drug-likeness (QED) is 0.323. The van der Waals surface area contributed by atoms with Crippen molar-refractivity contribution < 1.29 is 39.1 Å². The van der Waals surface area contributed by atoms with Crippen molar-refractivity contribution in [3.8, 4) is 11.5 Å². The van der Waals surface area contributed by atoms with Gasteiger partial charge in [-0.15, -0.1) is 0 Å². The number of esters is 1. The molecule has 36 heavy (non-hydrogen) atoms. The second kappa shape index (κ2) is 10.7. The van der Waals surface area contributed by atoms with E-state index in [9.17, 15) is 20.1 Å². The minimum atomic E-state index is -1.61. The number of hydrogen-bond donors (Lipinski definition) is 3. The van der Waals surface area contributed by atoms with Gasteiger partial charge in [0.05, 0.1) is 19.6 Å². The van der Waals surface area contributed by atoms with Crippen molar-refractivity contribution in [2.75, 3.05) is 14.2 Å². The summed E-state index contributed by atoms with van der Waals surface area (Å²) in [7, 11) is 3.13. The maximum atomic E-state index is 12.1. The highest BCUT2D eigenvalue weighted by Crippen LogP contribution is 2.46. The molecule has 3 aromatic carbocycles. The van der Waals surface area contributed by atoms with Crippen LogP contribution in [0, 0.1) is 0 Å². The summed E-state index contributed by atoms with van der Waals surface area (Å²) in [5.41, 5.74) is 0.826. The summed E-state index contributed by atoms with van der Waals surface area (Å²) in [6.07, 6.45) is -7.16. The summed E-state index contributed by atoms with van der Waals surface area (Å²) >= 11 is 0. The molecule has 0 amide bonds. The highest BCUT2D eigenvalue weighted by atomic mass is 16.7. The summed E-state index contributed by atoms with van der Waals surface area (Å²) in [5, 5.41) is 33.6. The fraction of sp³-hybridized carbons (Fsp3) is 0.321. The maximum Gasteiger partial charge on any atom is 0.303 e. The van der Waals surface area contributed by atoms with Crippen molar-refractivity contribution in [1.82, 2.24) is 0 Å². The molecule has 0 radical (unpaired) electrons. The van der Waals surface area contributed by atoms with Gasteiger partial charge in [-0.25, -0.2) is 0 Å². The number of methoxy groups -OCH3 is 2. The first kappa shape index (κ1) is 25.7. The normalized spacial score (nSPS) is 22.6. The molecule has 8 nitrogen and oxygen atoms in total. The number of carbonyl (C=O) groups excluding carboxylic acids is 1. The van der Waals surface area contributed by atoms with Crippen LogP contribution in [0.4, 0.5) is 0 Å². The Balaban J connectivity index is 1.94. The second-order valence-electron chi connectivity index (χ2n) is 8.63. The van der Waals surface area contributed by atoms with Crippen LogP contribution in [0.2, 0.25) is 0 Å². The van der Waals surface area contributed by atoms with E-state index in [2.05, 4.69) is 0 Å².